The third kappa shape index (κ3) is 5.59. The number of rotatable bonds is 6. The van der Waals surface area contributed by atoms with Crippen molar-refractivity contribution in [3.63, 3.8) is 0 Å². The topological polar surface area (TPSA) is 102 Å². The molecule has 1 amide bonds. The fourth-order valence-electron chi connectivity index (χ4n) is 3.22. The Morgan fingerprint density at radius 2 is 1.86 bits per heavy atom. The number of piperidine rings is 1. The normalized spacial score (nSPS) is 20.4. The van der Waals surface area contributed by atoms with Gasteiger partial charge in [-0.1, -0.05) is 27.7 Å². The standard InChI is InChI=1S/C19H31N3O4S.ClH/c1-13(2)17(18(23)22-11-10-16(20)19(3,4)12-22)21-27(24,25)15-8-6-14(26-5)7-9-15;/h6-9,13,16-17,21H,10-12,20H2,1-5H3;1H. The van der Waals surface area contributed by atoms with Gasteiger partial charge in [-0.2, -0.15) is 4.72 Å². The minimum absolute atomic E-state index is 0. The molecular formula is C19H32ClN3O4S. The number of ether oxygens (including phenoxy) is 1. The van der Waals surface area contributed by atoms with Gasteiger partial charge in [-0.15, -0.1) is 12.4 Å². The van der Waals surface area contributed by atoms with E-state index in [2.05, 4.69) is 4.72 Å². The van der Waals surface area contributed by atoms with Gasteiger partial charge in [-0.05, 0) is 42.0 Å². The van der Waals surface area contributed by atoms with Crippen LogP contribution in [0.1, 0.15) is 34.1 Å². The molecule has 1 aliphatic heterocycles. The summed E-state index contributed by atoms with van der Waals surface area (Å²) in [6, 6.07) is 5.28. The Kier molecular flexibility index (Phi) is 8.32. The third-order valence-electron chi connectivity index (χ3n) is 5.21. The van der Waals surface area contributed by atoms with Crippen molar-refractivity contribution in [2.45, 2.75) is 51.1 Å². The van der Waals surface area contributed by atoms with Gasteiger partial charge >= 0.3 is 0 Å². The number of nitrogens with zero attached hydrogens (tertiary/aromatic N) is 1. The van der Waals surface area contributed by atoms with Gasteiger partial charge < -0.3 is 15.4 Å². The number of methoxy groups -OCH3 is 1. The molecule has 2 unspecified atom stereocenters. The minimum Gasteiger partial charge on any atom is -0.497 e. The first-order chi connectivity index (χ1) is 12.5. The number of likely N-dealkylation sites (tertiary alicyclic amines) is 1. The van der Waals surface area contributed by atoms with Gasteiger partial charge in [0.15, 0.2) is 0 Å². The van der Waals surface area contributed by atoms with Crippen LogP contribution in [0.2, 0.25) is 0 Å². The van der Waals surface area contributed by atoms with Crippen LogP contribution in [0, 0.1) is 11.3 Å². The van der Waals surface area contributed by atoms with Crippen LogP contribution in [0.15, 0.2) is 29.2 Å². The summed E-state index contributed by atoms with van der Waals surface area (Å²) in [5.74, 6) is 0.170. The van der Waals surface area contributed by atoms with E-state index in [9.17, 15) is 13.2 Å². The number of nitrogens with one attached hydrogen (secondary N) is 1. The van der Waals surface area contributed by atoms with Gasteiger partial charge in [0.05, 0.1) is 12.0 Å². The summed E-state index contributed by atoms with van der Waals surface area (Å²) >= 11 is 0. The summed E-state index contributed by atoms with van der Waals surface area (Å²) in [7, 11) is -2.32. The predicted molar refractivity (Wildman–Crippen MR) is 112 cm³/mol. The highest BCUT2D eigenvalue weighted by Gasteiger charge is 2.39. The largest absolute Gasteiger partial charge is 0.497 e. The number of halogens is 1. The van der Waals surface area contributed by atoms with Crippen molar-refractivity contribution in [3.8, 4) is 5.75 Å². The van der Waals surface area contributed by atoms with Crippen molar-refractivity contribution < 1.29 is 17.9 Å². The second-order valence-electron chi connectivity index (χ2n) is 8.16. The molecular weight excluding hydrogens is 402 g/mol. The van der Waals surface area contributed by atoms with E-state index in [4.69, 9.17) is 10.5 Å². The molecule has 0 aliphatic carbocycles. The van der Waals surface area contributed by atoms with Crippen LogP contribution in [0.3, 0.4) is 0 Å². The molecule has 160 valence electrons. The van der Waals surface area contributed by atoms with Crippen LogP contribution in [-0.2, 0) is 14.8 Å². The van der Waals surface area contributed by atoms with Crippen molar-refractivity contribution >= 4 is 28.3 Å². The lowest BCUT2D eigenvalue weighted by Gasteiger charge is -2.44. The minimum atomic E-state index is -3.83. The molecule has 0 saturated carbocycles. The van der Waals surface area contributed by atoms with E-state index in [1.165, 1.54) is 19.2 Å². The molecule has 0 bridgehead atoms. The molecule has 2 rings (SSSR count). The Labute approximate surface area is 174 Å². The number of sulfonamides is 1. The first kappa shape index (κ1) is 24.7. The number of nitrogens with two attached hydrogens (primary N) is 1. The van der Waals surface area contributed by atoms with E-state index < -0.39 is 16.1 Å². The quantitative estimate of drug-likeness (QED) is 0.714. The van der Waals surface area contributed by atoms with Crippen LogP contribution in [0.4, 0.5) is 0 Å². The van der Waals surface area contributed by atoms with E-state index in [0.717, 1.165) is 0 Å². The summed E-state index contributed by atoms with van der Waals surface area (Å²) in [6.45, 7) is 8.78. The highest BCUT2D eigenvalue weighted by Crippen LogP contribution is 2.28. The van der Waals surface area contributed by atoms with E-state index in [1.54, 1.807) is 17.0 Å². The predicted octanol–water partition coefficient (Wildman–Crippen LogP) is 2.01. The maximum absolute atomic E-state index is 13.1. The molecule has 1 aromatic rings. The smallest absolute Gasteiger partial charge is 0.241 e. The molecule has 1 saturated heterocycles. The summed E-state index contributed by atoms with van der Waals surface area (Å²) in [6.07, 6.45) is 0.703. The second kappa shape index (κ2) is 9.43. The zero-order valence-electron chi connectivity index (χ0n) is 17.1. The van der Waals surface area contributed by atoms with E-state index >= 15 is 0 Å². The lowest BCUT2D eigenvalue weighted by Crippen LogP contribution is -2.58. The van der Waals surface area contributed by atoms with Crippen LogP contribution >= 0.6 is 12.4 Å². The summed E-state index contributed by atoms with van der Waals surface area (Å²) in [5, 5.41) is 0. The Hall–Kier alpha value is -1.35. The van der Waals surface area contributed by atoms with Crippen molar-refractivity contribution in [3.05, 3.63) is 24.3 Å². The molecule has 1 heterocycles. The average molecular weight is 434 g/mol. The van der Waals surface area contributed by atoms with E-state index in [1.807, 2.05) is 27.7 Å². The highest BCUT2D eigenvalue weighted by atomic mass is 35.5. The molecule has 0 spiro atoms. The third-order valence-corrected chi connectivity index (χ3v) is 6.67. The molecule has 3 N–H and O–H groups in total. The number of carbonyl (C=O) groups excluding carboxylic acids is 1. The Balaban J connectivity index is 0.00000392. The average Bonchev–Trinajstić information content (AvgIpc) is 2.61. The highest BCUT2D eigenvalue weighted by molar-refractivity contribution is 7.89. The van der Waals surface area contributed by atoms with Crippen molar-refractivity contribution in [2.75, 3.05) is 20.2 Å². The van der Waals surface area contributed by atoms with Gasteiger partial charge in [0.1, 0.15) is 11.8 Å². The van der Waals surface area contributed by atoms with Crippen molar-refractivity contribution in [1.29, 1.82) is 0 Å². The molecule has 0 radical (unpaired) electrons. The fraction of sp³-hybridized carbons (Fsp3) is 0.632. The van der Waals surface area contributed by atoms with Crippen molar-refractivity contribution in [1.82, 2.24) is 9.62 Å². The molecule has 1 aliphatic rings. The van der Waals surface area contributed by atoms with Crippen LogP contribution in [0.5, 0.6) is 5.75 Å². The molecule has 9 heteroatoms. The Morgan fingerprint density at radius 1 is 1.29 bits per heavy atom. The monoisotopic (exact) mass is 433 g/mol. The summed E-state index contributed by atoms with van der Waals surface area (Å²) in [4.78, 5) is 14.9. The molecule has 28 heavy (non-hydrogen) atoms. The fourth-order valence-corrected chi connectivity index (χ4v) is 4.56. The number of benzene rings is 1. The lowest BCUT2D eigenvalue weighted by atomic mass is 9.79. The molecule has 1 aromatic carbocycles. The Bertz CT molecular complexity index is 766. The molecule has 1 fully saturated rings. The van der Waals surface area contributed by atoms with Gasteiger partial charge in [-0.25, -0.2) is 8.42 Å². The van der Waals surface area contributed by atoms with Gasteiger partial charge in [0.2, 0.25) is 15.9 Å². The van der Waals surface area contributed by atoms with E-state index in [-0.39, 0.29) is 40.6 Å². The maximum Gasteiger partial charge on any atom is 0.241 e. The number of hydrogen-bond donors (Lipinski definition) is 2. The van der Waals surface area contributed by atoms with E-state index in [0.29, 0.717) is 25.3 Å². The molecule has 0 aromatic heterocycles. The van der Waals surface area contributed by atoms with Gasteiger partial charge in [0, 0.05) is 19.1 Å². The second-order valence-corrected chi connectivity index (χ2v) is 9.88. The Morgan fingerprint density at radius 3 is 2.32 bits per heavy atom. The van der Waals surface area contributed by atoms with Crippen molar-refractivity contribution in [2.24, 2.45) is 17.1 Å². The zero-order chi connectivity index (χ0) is 20.4. The molecule has 2 atom stereocenters. The van der Waals surface area contributed by atoms with Gasteiger partial charge in [-0.3, -0.25) is 4.79 Å². The number of carbonyl (C=O) groups is 1. The first-order valence-electron chi connectivity index (χ1n) is 9.18. The van der Waals surface area contributed by atoms with Crippen LogP contribution < -0.4 is 15.2 Å². The van der Waals surface area contributed by atoms with Crippen LogP contribution in [0.25, 0.3) is 0 Å². The lowest BCUT2D eigenvalue weighted by molar-refractivity contribution is -0.137. The number of hydrogen-bond acceptors (Lipinski definition) is 5. The summed E-state index contributed by atoms with van der Waals surface area (Å²) in [5.41, 5.74) is 5.95. The zero-order valence-corrected chi connectivity index (χ0v) is 18.8. The summed E-state index contributed by atoms with van der Waals surface area (Å²) < 4.78 is 33.2. The SMILES string of the molecule is COc1ccc(S(=O)(=O)NC(C(=O)N2CCC(N)C(C)(C)C2)C(C)C)cc1.Cl. The van der Waals surface area contributed by atoms with Gasteiger partial charge in [0.25, 0.3) is 0 Å². The molecule has 7 nitrogen and oxygen atoms in total. The first-order valence-corrected chi connectivity index (χ1v) is 10.7. The number of amides is 1. The van der Waals surface area contributed by atoms with Crippen LogP contribution in [-0.4, -0.2) is 51.5 Å². The maximum atomic E-state index is 13.1.